The smallest absolute Gasteiger partial charge is 0.344 e. The van der Waals surface area contributed by atoms with E-state index in [4.69, 9.17) is 17.3 Å². The average molecular weight is 224 g/mol. The van der Waals surface area contributed by atoms with E-state index in [2.05, 4.69) is 9.47 Å². The minimum atomic E-state index is -1.58. The summed E-state index contributed by atoms with van der Waals surface area (Å²) in [5.74, 6) is -2.80. The molecule has 0 spiro atoms. The maximum absolute atomic E-state index is 10.8. The summed E-state index contributed by atoms with van der Waals surface area (Å²) in [7, 11) is 0. The summed E-state index contributed by atoms with van der Waals surface area (Å²) in [5, 5.41) is -1.58. The molecule has 1 atom stereocenters. The summed E-state index contributed by atoms with van der Waals surface area (Å²) in [6.45, 7) is 1.20. The van der Waals surface area contributed by atoms with Crippen LogP contribution in [0.3, 0.4) is 0 Å². The Bertz CT molecular complexity index is 242. The van der Waals surface area contributed by atoms with Crippen LogP contribution in [0.15, 0.2) is 0 Å². The Morgan fingerprint density at radius 1 is 1.36 bits per heavy atom. The van der Waals surface area contributed by atoms with E-state index < -0.39 is 29.8 Å². The molecule has 0 aliphatic carbocycles. The van der Waals surface area contributed by atoms with Gasteiger partial charge in [0, 0.05) is 0 Å². The maximum atomic E-state index is 10.8. The normalized spacial score (nSPS) is 11.6. The average Bonchev–Trinajstić information content (AvgIpc) is 2.13. The van der Waals surface area contributed by atoms with Crippen LogP contribution in [0.1, 0.15) is 6.92 Å². The van der Waals surface area contributed by atoms with Crippen molar-refractivity contribution in [1.82, 2.24) is 0 Å². The summed E-state index contributed by atoms with van der Waals surface area (Å²) < 4.78 is 8.79. The molecule has 6 nitrogen and oxygen atoms in total. The van der Waals surface area contributed by atoms with Crippen LogP contribution < -0.4 is 5.73 Å². The third-order valence-electron chi connectivity index (χ3n) is 1.09. The Balaban J connectivity index is 3.85. The summed E-state index contributed by atoms with van der Waals surface area (Å²) in [5.41, 5.74) is 4.71. The van der Waals surface area contributed by atoms with Crippen LogP contribution in [-0.2, 0) is 23.9 Å². The topological polar surface area (TPSA) is 95.7 Å². The molecule has 0 saturated heterocycles. The lowest BCUT2D eigenvalue weighted by Gasteiger charge is -2.05. The van der Waals surface area contributed by atoms with Crippen molar-refractivity contribution < 1.29 is 23.9 Å². The molecule has 14 heavy (non-hydrogen) atoms. The van der Waals surface area contributed by atoms with E-state index in [0.29, 0.717) is 0 Å². The molecule has 1 amide bonds. The molecule has 0 saturated carbocycles. The quantitative estimate of drug-likeness (QED) is 0.373. The first-order chi connectivity index (χ1) is 6.49. The molecule has 0 aliphatic rings. The molecule has 0 rings (SSSR count). The van der Waals surface area contributed by atoms with Crippen LogP contribution in [0.4, 0.5) is 0 Å². The first-order valence-corrected chi connectivity index (χ1v) is 4.18. The van der Waals surface area contributed by atoms with Crippen LogP contribution in [0.2, 0.25) is 0 Å². The first-order valence-electron chi connectivity index (χ1n) is 3.74. The fraction of sp³-hybridized carbons (Fsp3) is 0.571. The number of halogens is 1. The molecule has 0 aromatic carbocycles. The first kappa shape index (κ1) is 12.7. The van der Waals surface area contributed by atoms with Gasteiger partial charge in [0.1, 0.15) is 0 Å². The minimum absolute atomic E-state index is 0.177. The molecule has 0 aliphatic heterocycles. The van der Waals surface area contributed by atoms with Crippen LogP contribution in [0, 0.1) is 0 Å². The Morgan fingerprint density at radius 2 is 1.93 bits per heavy atom. The van der Waals surface area contributed by atoms with E-state index in [1.165, 1.54) is 0 Å². The molecule has 0 aromatic rings. The molecule has 0 bridgehead atoms. The van der Waals surface area contributed by atoms with Crippen molar-refractivity contribution in [2.24, 2.45) is 5.73 Å². The van der Waals surface area contributed by atoms with Gasteiger partial charge in [-0.3, -0.25) is 4.79 Å². The lowest BCUT2D eigenvalue weighted by Crippen LogP contribution is -2.33. The van der Waals surface area contributed by atoms with E-state index in [-0.39, 0.29) is 6.61 Å². The molecular formula is C7H10ClNO5. The van der Waals surface area contributed by atoms with E-state index in [9.17, 15) is 14.4 Å². The molecule has 7 heteroatoms. The van der Waals surface area contributed by atoms with Gasteiger partial charge in [-0.05, 0) is 6.92 Å². The molecule has 0 radical (unpaired) electrons. The number of hydrogen-bond donors (Lipinski definition) is 1. The minimum Gasteiger partial charge on any atom is -0.463 e. The van der Waals surface area contributed by atoms with Crippen molar-refractivity contribution >= 4 is 29.4 Å². The van der Waals surface area contributed by atoms with E-state index in [1.807, 2.05) is 0 Å². The summed E-state index contributed by atoms with van der Waals surface area (Å²) in [6, 6.07) is 0. The summed E-state index contributed by atoms with van der Waals surface area (Å²) >= 11 is 5.23. The second-order valence-corrected chi connectivity index (χ2v) is 2.61. The predicted octanol–water partition coefficient (Wildman–Crippen LogP) is -0.815. The van der Waals surface area contributed by atoms with Gasteiger partial charge in [-0.1, -0.05) is 11.6 Å². The highest BCUT2D eigenvalue weighted by molar-refractivity contribution is 6.40. The second-order valence-electron chi connectivity index (χ2n) is 2.18. The molecule has 0 heterocycles. The van der Waals surface area contributed by atoms with Gasteiger partial charge in [-0.25, -0.2) is 9.59 Å². The number of rotatable bonds is 5. The van der Waals surface area contributed by atoms with Crippen molar-refractivity contribution in [2.45, 2.75) is 12.3 Å². The Labute approximate surface area is 85.3 Å². The number of alkyl halides is 1. The fourth-order valence-corrected chi connectivity index (χ4v) is 0.585. The van der Waals surface area contributed by atoms with Gasteiger partial charge in [-0.15, -0.1) is 0 Å². The zero-order valence-electron chi connectivity index (χ0n) is 7.49. The zero-order valence-corrected chi connectivity index (χ0v) is 8.24. The van der Waals surface area contributed by atoms with Gasteiger partial charge in [0.2, 0.25) is 11.3 Å². The predicted molar refractivity (Wildman–Crippen MR) is 46.4 cm³/mol. The van der Waals surface area contributed by atoms with Crippen molar-refractivity contribution in [3.8, 4) is 0 Å². The Hall–Kier alpha value is -1.30. The highest BCUT2D eigenvalue weighted by Crippen LogP contribution is 1.98. The van der Waals surface area contributed by atoms with Gasteiger partial charge < -0.3 is 15.2 Å². The van der Waals surface area contributed by atoms with Gasteiger partial charge in [-0.2, -0.15) is 0 Å². The number of carbonyl (C=O) groups is 3. The monoisotopic (exact) mass is 223 g/mol. The van der Waals surface area contributed by atoms with Crippen LogP contribution in [0.5, 0.6) is 0 Å². The lowest BCUT2D eigenvalue weighted by atomic mass is 10.4. The third kappa shape index (κ3) is 4.66. The number of esters is 2. The zero-order chi connectivity index (χ0) is 11.1. The number of primary amides is 1. The van der Waals surface area contributed by atoms with Crippen molar-refractivity contribution in [3.05, 3.63) is 0 Å². The van der Waals surface area contributed by atoms with Gasteiger partial charge in [0.25, 0.3) is 0 Å². The number of ether oxygens (including phenoxy) is 2. The molecule has 80 valence electrons. The van der Waals surface area contributed by atoms with E-state index >= 15 is 0 Å². The molecule has 2 N–H and O–H groups in total. The van der Waals surface area contributed by atoms with Crippen molar-refractivity contribution in [1.29, 1.82) is 0 Å². The number of nitrogens with two attached hydrogens (primary N) is 1. The Morgan fingerprint density at radius 3 is 2.36 bits per heavy atom. The molecule has 0 fully saturated rings. The van der Waals surface area contributed by atoms with E-state index in [0.717, 1.165) is 0 Å². The third-order valence-corrected chi connectivity index (χ3v) is 1.49. The van der Waals surface area contributed by atoms with Gasteiger partial charge in [0.05, 0.1) is 6.61 Å². The Kier molecular flexibility index (Phi) is 5.62. The fourth-order valence-electron chi connectivity index (χ4n) is 0.522. The van der Waals surface area contributed by atoms with Crippen LogP contribution in [-0.4, -0.2) is 36.4 Å². The number of carbonyl (C=O) groups excluding carboxylic acids is 3. The van der Waals surface area contributed by atoms with Crippen LogP contribution >= 0.6 is 11.6 Å². The largest absolute Gasteiger partial charge is 0.463 e. The number of amides is 1. The molecule has 0 aromatic heterocycles. The van der Waals surface area contributed by atoms with Crippen LogP contribution in [0.25, 0.3) is 0 Å². The second kappa shape index (κ2) is 6.20. The SMILES string of the molecule is CCOC(=O)COC(=O)C(Cl)C(N)=O. The standard InChI is InChI=1S/C7H10ClNO5/c1-2-13-4(10)3-14-7(12)5(8)6(9)11/h5H,2-3H2,1H3,(H2,9,11). The van der Waals surface area contributed by atoms with Gasteiger partial charge in [0.15, 0.2) is 6.61 Å². The van der Waals surface area contributed by atoms with Gasteiger partial charge >= 0.3 is 11.9 Å². The molecule has 1 unspecified atom stereocenters. The highest BCUT2D eigenvalue weighted by atomic mass is 35.5. The summed E-state index contributed by atoms with van der Waals surface area (Å²) in [6.07, 6.45) is 0. The van der Waals surface area contributed by atoms with Crippen molar-refractivity contribution in [3.63, 3.8) is 0 Å². The maximum Gasteiger partial charge on any atom is 0.344 e. The van der Waals surface area contributed by atoms with E-state index in [1.54, 1.807) is 6.92 Å². The summed E-state index contributed by atoms with van der Waals surface area (Å²) in [4.78, 5) is 31.9. The van der Waals surface area contributed by atoms with Crippen molar-refractivity contribution in [2.75, 3.05) is 13.2 Å². The molecular weight excluding hydrogens is 214 g/mol. The number of hydrogen-bond acceptors (Lipinski definition) is 5. The highest BCUT2D eigenvalue weighted by Gasteiger charge is 2.23. The lowest BCUT2D eigenvalue weighted by molar-refractivity contribution is -0.159.